The highest BCUT2D eigenvalue weighted by atomic mass is 16.5. The van der Waals surface area contributed by atoms with Crippen molar-refractivity contribution < 1.29 is 9.53 Å². The van der Waals surface area contributed by atoms with Gasteiger partial charge in [0.1, 0.15) is 18.2 Å². The lowest BCUT2D eigenvalue weighted by Crippen LogP contribution is -2.42. The molecule has 1 fully saturated rings. The molecule has 0 aromatic carbocycles. The molecule has 1 aliphatic rings. The number of carbonyl (C=O) groups excluding carboxylic acids is 1. The molecule has 1 saturated heterocycles. The van der Waals surface area contributed by atoms with E-state index in [1.165, 1.54) is 0 Å². The first-order valence-corrected chi connectivity index (χ1v) is 8.48. The number of carbonyl (C=O) groups is 1. The molecule has 0 N–H and O–H groups in total. The molecule has 0 unspecified atom stereocenters. The van der Waals surface area contributed by atoms with E-state index in [4.69, 9.17) is 4.74 Å². The average Bonchev–Trinajstić information content (AvgIpc) is 3.22. The van der Waals surface area contributed by atoms with Crippen LogP contribution in [0.4, 0.5) is 0 Å². The number of nitrogens with zero attached hydrogens (tertiary/aromatic N) is 5. The topological polar surface area (TPSA) is 73.1 Å². The van der Waals surface area contributed by atoms with Crippen molar-refractivity contribution in [3.63, 3.8) is 0 Å². The number of rotatable bonds is 3. The second kappa shape index (κ2) is 7.05. The second-order valence-electron chi connectivity index (χ2n) is 6.22. The minimum absolute atomic E-state index is 0.0336. The van der Waals surface area contributed by atoms with Gasteiger partial charge in [0.05, 0.1) is 18.7 Å². The zero-order valence-corrected chi connectivity index (χ0v) is 14.4. The van der Waals surface area contributed by atoms with Crippen molar-refractivity contribution in [3.05, 3.63) is 72.2 Å². The van der Waals surface area contributed by atoms with Crippen LogP contribution in [0.15, 0.2) is 55.4 Å². The normalized spacial score (nSPS) is 17.3. The van der Waals surface area contributed by atoms with Crippen LogP contribution in [0.2, 0.25) is 0 Å². The zero-order chi connectivity index (χ0) is 17.9. The Labute approximate surface area is 151 Å². The van der Waals surface area contributed by atoms with Gasteiger partial charge < -0.3 is 9.64 Å². The maximum atomic E-state index is 12.8. The van der Waals surface area contributed by atoms with E-state index in [1.807, 2.05) is 36.2 Å². The quantitative estimate of drug-likeness (QED) is 0.725. The summed E-state index contributed by atoms with van der Waals surface area (Å²) in [5.41, 5.74) is 2.55. The fourth-order valence-corrected chi connectivity index (χ4v) is 3.05. The van der Waals surface area contributed by atoms with Gasteiger partial charge in [-0.1, -0.05) is 0 Å². The molecule has 1 amide bonds. The van der Waals surface area contributed by atoms with Crippen LogP contribution >= 0.6 is 0 Å². The van der Waals surface area contributed by atoms with Gasteiger partial charge in [-0.15, -0.1) is 0 Å². The van der Waals surface area contributed by atoms with Crippen LogP contribution in [0.1, 0.15) is 27.7 Å². The summed E-state index contributed by atoms with van der Waals surface area (Å²) in [5, 5.41) is 0. The highest BCUT2D eigenvalue weighted by Crippen LogP contribution is 2.23. The lowest BCUT2D eigenvalue weighted by molar-refractivity contribution is -0.0228. The van der Waals surface area contributed by atoms with Gasteiger partial charge in [-0.2, -0.15) is 0 Å². The van der Waals surface area contributed by atoms with Crippen LogP contribution < -0.4 is 0 Å². The predicted molar refractivity (Wildman–Crippen MR) is 94.9 cm³/mol. The molecule has 132 valence electrons. The molecule has 1 atom stereocenters. The maximum absolute atomic E-state index is 12.8. The van der Waals surface area contributed by atoms with Crippen molar-refractivity contribution in [3.8, 4) is 5.82 Å². The molecule has 4 rings (SSSR count). The highest BCUT2D eigenvalue weighted by Gasteiger charge is 2.26. The first kappa shape index (κ1) is 16.4. The molecule has 0 radical (unpaired) electrons. The number of aryl methyl sites for hydroxylation is 1. The van der Waals surface area contributed by atoms with Crippen molar-refractivity contribution in [2.24, 2.45) is 0 Å². The molecule has 26 heavy (non-hydrogen) atoms. The van der Waals surface area contributed by atoms with Gasteiger partial charge >= 0.3 is 0 Å². The summed E-state index contributed by atoms with van der Waals surface area (Å²) in [6.07, 6.45) is 8.43. The molecule has 3 aromatic rings. The van der Waals surface area contributed by atoms with Crippen molar-refractivity contribution >= 4 is 5.91 Å². The highest BCUT2D eigenvalue weighted by molar-refractivity contribution is 5.94. The lowest BCUT2D eigenvalue weighted by atomic mass is 10.1. The van der Waals surface area contributed by atoms with Gasteiger partial charge in [-0.25, -0.2) is 9.97 Å². The monoisotopic (exact) mass is 349 g/mol. The Morgan fingerprint density at radius 3 is 2.88 bits per heavy atom. The third-order valence-corrected chi connectivity index (χ3v) is 4.41. The van der Waals surface area contributed by atoms with E-state index in [0.29, 0.717) is 25.3 Å². The summed E-state index contributed by atoms with van der Waals surface area (Å²) in [6.45, 7) is 3.55. The Morgan fingerprint density at radius 2 is 2.15 bits per heavy atom. The molecule has 7 heteroatoms. The third-order valence-electron chi connectivity index (χ3n) is 4.41. The van der Waals surface area contributed by atoms with Crippen molar-refractivity contribution in [2.75, 3.05) is 19.7 Å². The minimum atomic E-state index is -0.132. The molecular weight excluding hydrogens is 330 g/mol. The van der Waals surface area contributed by atoms with Gasteiger partial charge in [0.15, 0.2) is 0 Å². The van der Waals surface area contributed by atoms with E-state index < -0.39 is 0 Å². The van der Waals surface area contributed by atoms with Crippen LogP contribution in [-0.2, 0) is 4.74 Å². The number of pyridine rings is 2. The van der Waals surface area contributed by atoms with E-state index in [-0.39, 0.29) is 12.0 Å². The maximum Gasteiger partial charge on any atom is 0.255 e. The summed E-state index contributed by atoms with van der Waals surface area (Å²) in [7, 11) is 0. The third kappa shape index (κ3) is 3.34. The molecule has 0 spiro atoms. The standard InChI is InChI=1S/C19H19N5O2/c1-14-10-15(4-5-21-14)17-12-23(8-9-26-17)19(25)16-2-3-18(22-11-16)24-7-6-20-13-24/h2-7,10-11,13,17H,8-9,12H2,1H3/t17-/m0/s1. The van der Waals surface area contributed by atoms with E-state index in [1.54, 1.807) is 35.6 Å². The Kier molecular flexibility index (Phi) is 4.45. The van der Waals surface area contributed by atoms with Crippen LogP contribution in [0.5, 0.6) is 0 Å². The first-order chi connectivity index (χ1) is 12.7. The predicted octanol–water partition coefficient (Wildman–Crippen LogP) is 2.18. The van der Waals surface area contributed by atoms with E-state index in [0.717, 1.165) is 17.1 Å². The number of ether oxygens (including phenoxy) is 1. The average molecular weight is 349 g/mol. The summed E-state index contributed by atoms with van der Waals surface area (Å²) >= 11 is 0. The van der Waals surface area contributed by atoms with Crippen molar-refractivity contribution in [2.45, 2.75) is 13.0 Å². The van der Waals surface area contributed by atoms with Gasteiger partial charge in [0.2, 0.25) is 0 Å². The number of morpholine rings is 1. The number of amides is 1. The molecular formula is C19H19N5O2. The molecule has 4 heterocycles. The zero-order valence-electron chi connectivity index (χ0n) is 14.4. The van der Waals surface area contributed by atoms with Gasteiger partial charge in [-0.3, -0.25) is 14.3 Å². The fraction of sp³-hybridized carbons (Fsp3) is 0.263. The number of aromatic nitrogens is 4. The number of imidazole rings is 1. The van der Waals surface area contributed by atoms with Gasteiger partial charge in [0, 0.05) is 37.0 Å². The molecule has 0 saturated carbocycles. The molecule has 0 aliphatic carbocycles. The van der Waals surface area contributed by atoms with E-state index in [9.17, 15) is 4.79 Å². The van der Waals surface area contributed by atoms with Crippen LogP contribution in [-0.4, -0.2) is 50.0 Å². The number of hydrogen-bond acceptors (Lipinski definition) is 5. The van der Waals surface area contributed by atoms with Gasteiger partial charge in [0.25, 0.3) is 5.91 Å². The summed E-state index contributed by atoms with van der Waals surface area (Å²) < 4.78 is 7.65. The first-order valence-electron chi connectivity index (χ1n) is 8.48. The Morgan fingerprint density at radius 1 is 1.23 bits per heavy atom. The second-order valence-corrected chi connectivity index (χ2v) is 6.22. The van der Waals surface area contributed by atoms with Crippen LogP contribution in [0, 0.1) is 6.92 Å². The van der Waals surface area contributed by atoms with Crippen LogP contribution in [0.25, 0.3) is 5.82 Å². The fourth-order valence-electron chi connectivity index (χ4n) is 3.05. The van der Waals surface area contributed by atoms with Crippen molar-refractivity contribution in [1.29, 1.82) is 0 Å². The largest absolute Gasteiger partial charge is 0.370 e. The summed E-state index contributed by atoms with van der Waals surface area (Å²) in [6, 6.07) is 7.55. The molecule has 0 bridgehead atoms. The van der Waals surface area contributed by atoms with E-state index >= 15 is 0 Å². The van der Waals surface area contributed by atoms with Crippen molar-refractivity contribution in [1.82, 2.24) is 24.4 Å². The minimum Gasteiger partial charge on any atom is -0.370 e. The smallest absolute Gasteiger partial charge is 0.255 e. The Bertz CT molecular complexity index is 893. The Balaban J connectivity index is 1.49. The SMILES string of the molecule is Cc1cc([C@@H]2CN(C(=O)c3ccc(-n4ccnc4)nc3)CCO2)ccn1. The molecule has 1 aliphatic heterocycles. The Hall–Kier alpha value is -3.06. The molecule has 7 nitrogen and oxygen atoms in total. The van der Waals surface area contributed by atoms with E-state index in [2.05, 4.69) is 15.0 Å². The lowest BCUT2D eigenvalue weighted by Gasteiger charge is -2.33. The van der Waals surface area contributed by atoms with Crippen LogP contribution in [0.3, 0.4) is 0 Å². The number of hydrogen-bond donors (Lipinski definition) is 0. The summed E-state index contributed by atoms with van der Waals surface area (Å²) in [4.78, 5) is 27.2. The molecule has 3 aromatic heterocycles. The summed E-state index contributed by atoms with van der Waals surface area (Å²) in [5.74, 6) is 0.694. The van der Waals surface area contributed by atoms with Gasteiger partial charge in [-0.05, 0) is 36.8 Å².